The largest absolute Gasteiger partial charge is 0.478 e. The molecule has 1 aliphatic rings. The first-order valence-electron chi connectivity index (χ1n) is 10.6. The van der Waals surface area contributed by atoms with Crippen molar-refractivity contribution in [3.63, 3.8) is 0 Å². The van der Waals surface area contributed by atoms with Gasteiger partial charge in [0.25, 0.3) is 0 Å². The molecule has 0 bridgehead atoms. The van der Waals surface area contributed by atoms with Gasteiger partial charge in [0.2, 0.25) is 15.9 Å². The van der Waals surface area contributed by atoms with Gasteiger partial charge in [-0.2, -0.15) is 4.31 Å². The molecule has 0 unspecified atom stereocenters. The molecule has 0 amide bonds. The maximum Gasteiger partial charge on any atom is 0.328 e. The van der Waals surface area contributed by atoms with Crippen molar-refractivity contribution in [3.05, 3.63) is 53.6 Å². The van der Waals surface area contributed by atoms with Gasteiger partial charge in [0, 0.05) is 24.7 Å². The van der Waals surface area contributed by atoms with E-state index in [1.165, 1.54) is 25.3 Å². The van der Waals surface area contributed by atoms with Crippen LogP contribution in [0.25, 0.3) is 16.8 Å². The average Bonchev–Trinajstić information content (AvgIpc) is 2.78. The smallest absolute Gasteiger partial charge is 0.328 e. The maximum absolute atomic E-state index is 13.0. The average molecular weight is 459 g/mol. The minimum Gasteiger partial charge on any atom is -0.478 e. The maximum atomic E-state index is 13.0. The number of hydrogen-bond acceptors (Lipinski definition) is 6. The van der Waals surface area contributed by atoms with Crippen molar-refractivity contribution in [1.29, 1.82) is 0 Å². The number of methoxy groups -OCH3 is 1. The number of pyridine rings is 1. The van der Waals surface area contributed by atoms with Crippen LogP contribution in [0.15, 0.2) is 42.5 Å². The van der Waals surface area contributed by atoms with Gasteiger partial charge in [0.1, 0.15) is 0 Å². The third kappa shape index (κ3) is 4.56. The number of carbonyl (C=O) groups is 1. The summed E-state index contributed by atoms with van der Waals surface area (Å²) in [5, 5.41) is 0. The van der Waals surface area contributed by atoms with Crippen LogP contribution in [0.2, 0.25) is 0 Å². The molecule has 1 aromatic heterocycles. The van der Waals surface area contributed by atoms with Gasteiger partial charge in [0.05, 0.1) is 19.4 Å². The number of aryl methyl sites for hydroxylation is 1. The topological polar surface area (TPSA) is 85.8 Å². The molecule has 32 heavy (non-hydrogen) atoms. The molecule has 1 aromatic carbocycles. The minimum atomic E-state index is -3.84. The van der Waals surface area contributed by atoms with Crippen LogP contribution in [0.5, 0.6) is 5.88 Å². The molecule has 2 aromatic rings. The Morgan fingerprint density at radius 1 is 1.22 bits per heavy atom. The van der Waals surface area contributed by atoms with Crippen LogP contribution in [0.1, 0.15) is 38.3 Å². The Hall–Kier alpha value is -2.71. The van der Waals surface area contributed by atoms with Crippen molar-refractivity contribution in [2.75, 3.05) is 26.8 Å². The van der Waals surface area contributed by atoms with Crippen molar-refractivity contribution in [3.8, 4) is 17.1 Å². The summed E-state index contributed by atoms with van der Waals surface area (Å²) in [5.74, 6) is -0.167. The van der Waals surface area contributed by atoms with E-state index in [0.29, 0.717) is 25.5 Å². The lowest BCUT2D eigenvalue weighted by atomic mass is 9.95. The Morgan fingerprint density at radius 2 is 1.97 bits per heavy atom. The molecule has 0 atom stereocenters. The zero-order valence-corrected chi connectivity index (χ0v) is 20.0. The summed E-state index contributed by atoms with van der Waals surface area (Å²) in [4.78, 5) is 16.6. The molecule has 0 saturated heterocycles. The lowest BCUT2D eigenvalue weighted by Crippen LogP contribution is -2.51. The van der Waals surface area contributed by atoms with Crippen molar-refractivity contribution in [2.45, 2.75) is 38.9 Å². The molecule has 8 heteroatoms. The van der Waals surface area contributed by atoms with Crippen molar-refractivity contribution in [1.82, 2.24) is 9.29 Å². The van der Waals surface area contributed by atoms with E-state index in [1.54, 1.807) is 0 Å². The molecule has 1 aliphatic heterocycles. The predicted octanol–water partition coefficient (Wildman–Crippen LogP) is 3.83. The molecule has 0 saturated carbocycles. The zero-order chi connectivity index (χ0) is 23.5. The SMILES string of the molecule is CCOc1cccc(-c2ccc(C3=CCN(S(=O)(=O)C(C)(C)C(=O)OC)CC3)cc2C)n1. The van der Waals surface area contributed by atoms with Gasteiger partial charge >= 0.3 is 5.97 Å². The second-order valence-corrected chi connectivity index (χ2v) is 10.7. The molecule has 3 rings (SSSR count). The highest BCUT2D eigenvalue weighted by atomic mass is 32.2. The summed E-state index contributed by atoms with van der Waals surface area (Å²) < 4.78 is 35.8. The van der Waals surface area contributed by atoms with Crippen LogP contribution in [0.4, 0.5) is 0 Å². The van der Waals surface area contributed by atoms with Crippen LogP contribution in [0.3, 0.4) is 0 Å². The Labute approximate surface area is 190 Å². The third-order valence-corrected chi connectivity index (χ3v) is 8.19. The number of ether oxygens (including phenoxy) is 2. The van der Waals surface area contributed by atoms with Crippen LogP contribution >= 0.6 is 0 Å². The Bertz CT molecular complexity index is 1140. The normalized spacial score (nSPS) is 15.2. The van der Waals surface area contributed by atoms with E-state index in [1.807, 2.05) is 50.3 Å². The second kappa shape index (κ2) is 9.42. The quantitative estimate of drug-likeness (QED) is 0.586. The third-order valence-electron chi connectivity index (χ3n) is 5.72. The highest BCUT2D eigenvalue weighted by molar-refractivity contribution is 7.91. The standard InChI is InChI=1S/C24H30N2O5S/c1-6-31-22-9-7-8-21(25-22)20-11-10-19(16-17(20)2)18-12-14-26(15-13-18)32(28,29)24(3,4)23(27)30-5/h7-12,16H,6,13-15H2,1-5H3. The highest BCUT2D eigenvalue weighted by Crippen LogP contribution is 2.31. The highest BCUT2D eigenvalue weighted by Gasteiger charge is 2.46. The van der Waals surface area contributed by atoms with Gasteiger partial charge in [-0.1, -0.05) is 30.3 Å². The van der Waals surface area contributed by atoms with Crippen LogP contribution in [-0.2, 0) is 19.6 Å². The number of benzene rings is 1. The van der Waals surface area contributed by atoms with Gasteiger partial charge in [-0.25, -0.2) is 13.4 Å². The lowest BCUT2D eigenvalue weighted by Gasteiger charge is -2.32. The molecular weight excluding hydrogens is 428 g/mol. The first-order chi connectivity index (χ1) is 15.1. The van der Waals surface area contributed by atoms with Crippen LogP contribution in [-0.4, -0.2) is 55.2 Å². The molecule has 7 nitrogen and oxygen atoms in total. The summed E-state index contributed by atoms with van der Waals surface area (Å²) in [7, 11) is -2.65. The lowest BCUT2D eigenvalue weighted by molar-refractivity contribution is -0.142. The summed E-state index contributed by atoms with van der Waals surface area (Å²) in [6.45, 7) is 7.81. The fourth-order valence-corrected chi connectivity index (χ4v) is 5.29. The van der Waals surface area contributed by atoms with Crippen molar-refractivity contribution in [2.24, 2.45) is 0 Å². The Balaban J connectivity index is 1.81. The second-order valence-electron chi connectivity index (χ2n) is 8.17. The number of aromatic nitrogens is 1. The number of hydrogen-bond donors (Lipinski definition) is 0. The molecule has 172 valence electrons. The van der Waals surface area contributed by atoms with Crippen LogP contribution in [0, 0.1) is 6.92 Å². The van der Waals surface area contributed by atoms with E-state index in [9.17, 15) is 13.2 Å². The molecule has 0 spiro atoms. The van der Waals surface area contributed by atoms with Crippen molar-refractivity contribution < 1.29 is 22.7 Å². The Morgan fingerprint density at radius 3 is 2.56 bits per heavy atom. The first kappa shape index (κ1) is 23.9. The molecule has 2 heterocycles. The predicted molar refractivity (Wildman–Crippen MR) is 125 cm³/mol. The Kier molecular flexibility index (Phi) is 7.05. The summed E-state index contributed by atoms with van der Waals surface area (Å²) in [6.07, 6.45) is 2.48. The first-order valence-corrected chi connectivity index (χ1v) is 12.0. The van der Waals surface area contributed by atoms with Crippen LogP contribution < -0.4 is 4.74 Å². The van der Waals surface area contributed by atoms with Gasteiger partial charge in [0.15, 0.2) is 4.75 Å². The molecule has 0 aliphatic carbocycles. The van der Waals surface area contributed by atoms with Gasteiger partial charge in [-0.15, -0.1) is 0 Å². The molecule has 0 radical (unpaired) electrons. The minimum absolute atomic E-state index is 0.219. The number of esters is 1. The fourth-order valence-electron chi connectivity index (χ4n) is 3.75. The molecule has 0 fully saturated rings. The number of rotatable bonds is 7. The summed E-state index contributed by atoms with van der Waals surface area (Å²) >= 11 is 0. The summed E-state index contributed by atoms with van der Waals surface area (Å²) in [5.41, 5.74) is 5.08. The fraction of sp³-hybridized carbons (Fsp3) is 0.417. The van der Waals surface area contributed by atoms with Gasteiger partial charge < -0.3 is 9.47 Å². The molecular formula is C24H30N2O5S. The number of nitrogens with zero attached hydrogens (tertiary/aromatic N) is 2. The van der Waals surface area contributed by atoms with E-state index in [2.05, 4.69) is 11.1 Å². The van der Waals surface area contributed by atoms with Crippen molar-refractivity contribution >= 4 is 21.6 Å². The van der Waals surface area contributed by atoms with E-state index < -0.39 is 20.7 Å². The number of sulfonamides is 1. The monoisotopic (exact) mass is 458 g/mol. The zero-order valence-electron chi connectivity index (χ0n) is 19.2. The molecule has 0 N–H and O–H groups in total. The summed E-state index contributed by atoms with van der Waals surface area (Å²) in [6, 6.07) is 11.9. The van der Waals surface area contributed by atoms with E-state index in [4.69, 9.17) is 9.47 Å². The van der Waals surface area contributed by atoms with Gasteiger partial charge in [-0.05, 0) is 56.9 Å². The van der Waals surface area contributed by atoms with E-state index in [0.717, 1.165) is 28.0 Å². The van der Waals surface area contributed by atoms with Gasteiger partial charge in [-0.3, -0.25) is 4.79 Å². The number of carbonyl (C=O) groups excluding carboxylic acids is 1. The van der Waals surface area contributed by atoms with E-state index in [-0.39, 0.29) is 6.54 Å². The van der Waals surface area contributed by atoms with E-state index >= 15 is 0 Å².